The molecule has 2 heteroatoms. The Balaban J connectivity index is 1.50. The lowest BCUT2D eigenvalue weighted by Gasteiger charge is -2.61. The van der Waals surface area contributed by atoms with Gasteiger partial charge in [-0.2, -0.15) is 0 Å². The SMILES string of the molecule is COC(=O)C(C)C[C@@H](C)[C@H]1CC[C@H]2[C@@H]3CC[C@@H]4CCCC[C@]4(C)[C@H]3CC[C@]12C. The second-order valence-electron chi connectivity index (χ2n) is 11.8. The summed E-state index contributed by atoms with van der Waals surface area (Å²) in [5, 5.41) is 0. The maximum absolute atomic E-state index is 12.0. The van der Waals surface area contributed by atoms with Crippen molar-refractivity contribution in [2.24, 2.45) is 52.3 Å². The van der Waals surface area contributed by atoms with Crippen LogP contribution in [0.2, 0.25) is 0 Å². The Kier molecular flexibility index (Phi) is 5.64. The van der Waals surface area contributed by atoms with Gasteiger partial charge in [-0.15, -0.1) is 0 Å². The molecule has 4 rings (SSSR count). The van der Waals surface area contributed by atoms with Gasteiger partial charge in [0.15, 0.2) is 0 Å². The summed E-state index contributed by atoms with van der Waals surface area (Å²) in [5.74, 6) is 5.36. The molecule has 0 saturated heterocycles. The molecular formula is C26H44O2. The number of carbonyl (C=O) groups excluding carboxylic acids is 1. The molecule has 4 saturated carbocycles. The summed E-state index contributed by atoms with van der Waals surface area (Å²) in [6.07, 6.45) is 15.7. The Hall–Kier alpha value is -0.530. The highest BCUT2D eigenvalue weighted by molar-refractivity contribution is 5.71. The molecule has 4 aliphatic rings. The molecule has 160 valence electrons. The van der Waals surface area contributed by atoms with Crippen molar-refractivity contribution in [3.05, 3.63) is 0 Å². The molecule has 0 bridgehead atoms. The molecule has 0 heterocycles. The molecule has 4 fully saturated rings. The predicted octanol–water partition coefficient (Wildman–Crippen LogP) is 6.87. The quantitative estimate of drug-likeness (QED) is 0.491. The van der Waals surface area contributed by atoms with Crippen LogP contribution in [0.4, 0.5) is 0 Å². The van der Waals surface area contributed by atoms with Crippen LogP contribution in [0.1, 0.15) is 98.3 Å². The Morgan fingerprint density at radius 2 is 1.68 bits per heavy atom. The van der Waals surface area contributed by atoms with Gasteiger partial charge >= 0.3 is 5.97 Å². The third-order valence-corrected chi connectivity index (χ3v) is 10.7. The first-order valence-corrected chi connectivity index (χ1v) is 12.4. The van der Waals surface area contributed by atoms with E-state index in [1.165, 1.54) is 71.3 Å². The Morgan fingerprint density at radius 1 is 0.929 bits per heavy atom. The molecule has 28 heavy (non-hydrogen) atoms. The third kappa shape index (κ3) is 3.16. The van der Waals surface area contributed by atoms with Crippen LogP contribution < -0.4 is 0 Å². The Bertz CT molecular complexity index is 585. The van der Waals surface area contributed by atoms with E-state index >= 15 is 0 Å². The molecule has 0 amide bonds. The highest BCUT2D eigenvalue weighted by atomic mass is 16.5. The second-order valence-corrected chi connectivity index (χ2v) is 11.8. The zero-order valence-corrected chi connectivity index (χ0v) is 19.1. The fraction of sp³-hybridized carbons (Fsp3) is 0.962. The molecule has 9 atom stereocenters. The number of fused-ring (bicyclic) bond motifs is 5. The van der Waals surface area contributed by atoms with Crippen molar-refractivity contribution >= 4 is 5.97 Å². The van der Waals surface area contributed by atoms with Crippen LogP contribution in [0.3, 0.4) is 0 Å². The van der Waals surface area contributed by atoms with E-state index in [2.05, 4.69) is 27.7 Å². The number of methoxy groups -OCH3 is 1. The topological polar surface area (TPSA) is 26.3 Å². The number of hydrogen-bond acceptors (Lipinski definition) is 2. The van der Waals surface area contributed by atoms with Gasteiger partial charge < -0.3 is 4.74 Å². The van der Waals surface area contributed by atoms with Crippen LogP contribution >= 0.6 is 0 Å². The van der Waals surface area contributed by atoms with E-state index < -0.39 is 0 Å². The Labute approximate surface area is 173 Å². The van der Waals surface area contributed by atoms with E-state index in [4.69, 9.17) is 4.74 Å². The van der Waals surface area contributed by atoms with Crippen molar-refractivity contribution < 1.29 is 9.53 Å². The first kappa shape index (κ1) is 20.7. The third-order valence-electron chi connectivity index (χ3n) is 10.7. The van der Waals surface area contributed by atoms with E-state index in [1.807, 2.05) is 0 Å². The molecule has 1 unspecified atom stereocenters. The summed E-state index contributed by atoms with van der Waals surface area (Å²) in [4.78, 5) is 12.0. The second kappa shape index (κ2) is 7.62. The van der Waals surface area contributed by atoms with Gasteiger partial charge in [0.05, 0.1) is 13.0 Å². The van der Waals surface area contributed by atoms with E-state index in [0.29, 0.717) is 16.7 Å². The van der Waals surface area contributed by atoms with E-state index in [9.17, 15) is 4.79 Å². The summed E-state index contributed by atoms with van der Waals surface area (Å²) in [6.45, 7) is 9.80. The molecule has 0 aromatic rings. The van der Waals surface area contributed by atoms with Gasteiger partial charge in [-0.1, -0.05) is 40.5 Å². The number of carbonyl (C=O) groups is 1. The highest BCUT2D eigenvalue weighted by Gasteiger charge is 2.60. The van der Waals surface area contributed by atoms with Gasteiger partial charge in [0.1, 0.15) is 0 Å². The number of rotatable bonds is 4. The highest BCUT2D eigenvalue weighted by Crippen LogP contribution is 2.68. The lowest BCUT2D eigenvalue weighted by atomic mass is 9.44. The average Bonchev–Trinajstić information content (AvgIpc) is 3.04. The summed E-state index contributed by atoms with van der Waals surface area (Å²) >= 11 is 0. The Morgan fingerprint density at radius 3 is 2.43 bits per heavy atom. The number of hydrogen-bond donors (Lipinski definition) is 0. The minimum absolute atomic E-state index is 0.0289. The number of esters is 1. The van der Waals surface area contributed by atoms with Crippen molar-refractivity contribution in [2.75, 3.05) is 7.11 Å². The molecule has 2 nitrogen and oxygen atoms in total. The van der Waals surface area contributed by atoms with Gasteiger partial charge in [0.2, 0.25) is 0 Å². The van der Waals surface area contributed by atoms with Crippen LogP contribution in [-0.2, 0) is 9.53 Å². The van der Waals surface area contributed by atoms with Crippen LogP contribution in [-0.4, -0.2) is 13.1 Å². The first-order valence-electron chi connectivity index (χ1n) is 12.4. The van der Waals surface area contributed by atoms with Crippen LogP contribution in [0.25, 0.3) is 0 Å². The van der Waals surface area contributed by atoms with Gasteiger partial charge in [-0.3, -0.25) is 4.79 Å². The average molecular weight is 389 g/mol. The standard InChI is InChI=1S/C26H44O2/c1-17(16-18(2)24(27)28-5)21-11-12-22-20-10-9-19-8-6-7-14-25(19,3)23(20)13-15-26(21,22)4/h17-23H,6-16H2,1-5H3/t17-,18?,19+,20+,21-,22+,23+,25+,26-/m1/s1. The molecular weight excluding hydrogens is 344 g/mol. The fourth-order valence-corrected chi connectivity index (χ4v) is 9.29. The normalized spacial score (nSPS) is 47.4. The van der Waals surface area contributed by atoms with Crippen LogP contribution in [0, 0.1) is 52.3 Å². The molecule has 4 aliphatic carbocycles. The van der Waals surface area contributed by atoms with Crippen LogP contribution in [0.5, 0.6) is 0 Å². The fourth-order valence-electron chi connectivity index (χ4n) is 9.29. The van der Waals surface area contributed by atoms with Gasteiger partial charge in [0.25, 0.3) is 0 Å². The predicted molar refractivity (Wildman–Crippen MR) is 115 cm³/mol. The molecule has 0 radical (unpaired) electrons. The molecule has 0 aromatic carbocycles. The molecule has 0 aliphatic heterocycles. The lowest BCUT2D eigenvalue weighted by Crippen LogP contribution is -2.53. The summed E-state index contributed by atoms with van der Waals surface area (Å²) in [5.41, 5.74) is 1.15. The molecule has 0 spiro atoms. The zero-order chi connectivity index (χ0) is 20.1. The van der Waals surface area contributed by atoms with Gasteiger partial charge in [0, 0.05) is 0 Å². The molecule has 0 N–H and O–H groups in total. The summed E-state index contributed by atoms with van der Waals surface area (Å²) in [7, 11) is 1.53. The smallest absolute Gasteiger partial charge is 0.308 e. The van der Waals surface area contributed by atoms with Crippen molar-refractivity contribution in [3.63, 3.8) is 0 Å². The van der Waals surface area contributed by atoms with Crippen molar-refractivity contribution in [1.29, 1.82) is 0 Å². The zero-order valence-electron chi connectivity index (χ0n) is 19.1. The lowest BCUT2D eigenvalue weighted by molar-refractivity contribution is -0.146. The maximum Gasteiger partial charge on any atom is 0.308 e. The maximum atomic E-state index is 12.0. The van der Waals surface area contributed by atoms with E-state index in [0.717, 1.165) is 36.0 Å². The van der Waals surface area contributed by atoms with Crippen molar-refractivity contribution in [2.45, 2.75) is 98.3 Å². The summed E-state index contributed by atoms with van der Waals surface area (Å²) < 4.78 is 5.00. The van der Waals surface area contributed by atoms with Gasteiger partial charge in [-0.25, -0.2) is 0 Å². The van der Waals surface area contributed by atoms with Gasteiger partial charge in [-0.05, 0) is 104 Å². The van der Waals surface area contributed by atoms with E-state index in [1.54, 1.807) is 0 Å². The summed E-state index contributed by atoms with van der Waals surface area (Å²) in [6, 6.07) is 0. The minimum Gasteiger partial charge on any atom is -0.469 e. The monoisotopic (exact) mass is 388 g/mol. The largest absolute Gasteiger partial charge is 0.469 e. The first-order chi connectivity index (χ1) is 13.3. The van der Waals surface area contributed by atoms with Crippen molar-refractivity contribution in [1.82, 2.24) is 0 Å². The number of ether oxygens (including phenoxy) is 1. The van der Waals surface area contributed by atoms with E-state index in [-0.39, 0.29) is 11.9 Å². The van der Waals surface area contributed by atoms with Crippen LogP contribution in [0.15, 0.2) is 0 Å². The van der Waals surface area contributed by atoms with Crippen molar-refractivity contribution in [3.8, 4) is 0 Å². The molecule has 0 aromatic heterocycles. The minimum atomic E-state index is -0.0289.